The number of benzene rings is 2. The Morgan fingerprint density at radius 3 is 2.03 bits per heavy atom. The maximum absolute atomic E-state index is 14.9. The van der Waals surface area contributed by atoms with Gasteiger partial charge in [-0.3, -0.25) is 33.6 Å². The fourth-order valence-corrected chi connectivity index (χ4v) is 19.6. The van der Waals surface area contributed by atoms with E-state index in [-0.39, 0.29) is 73.5 Å². The predicted molar refractivity (Wildman–Crippen MR) is 497 cm³/mol. The van der Waals surface area contributed by atoms with Crippen LogP contribution < -0.4 is 26.2 Å². The van der Waals surface area contributed by atoms with Crippen LogP contribution >= 0.6 is 0 Å². The lowest BCUT2D eigenvalue weighted by molar-refractivity contribution is -0.265. The van der Waals surface area contributed by atoms with E-state index in [1.807, 2.05) is 88.7 Å². The number of aryl methyl sites for hydroxylation is 1. The van der Waals surface area contributed by atoms with Crippen LogP contribution in [0.5, 0.6) is 0 Å². The molecule has 5 fully saturated rings. The largest absolute Gasteiger partial charge is 0.460 e. The first-order valence-corrected chi connectivity index (χ1v) is 46.7. The number of rotatable bonds is 18. The maximum atomic E-state index is 14.9. The minimum absolute atomic E-state index is 0.0250. The Balaban J connectivity index is 0.500. The quantitative estimate of drug-likeness (QED) is 0.0353. The molecule has 36 heteroatoms. The predicted octanol–water partition coefficient (Wildman–Crippen LogP) is 9.38. The molecule has 15 atom stereocenters. The summed E-state index contributed by atoms with van der Waals surface area (Å²) in [7, 11) is 4.51. The average molecular weight is 1840 g/mol. The monoisotopic (exact) mass is 1840 g/mol. The van der Waals surface area contributed by atoms with Crippen LogP contribution in [0.25, 0.3) is 33.4 Å². The van der Waals surface area contributed by atoms with Crippen molar-refractivity contribution in [2.45, 2.75) is 212 Å². The summed E-state index contributed by atoms with van der Waals surface area (Å²) >= 11 is 0. The van der Waals surface area contributed by atoms with Crippen molar-refractivity contribution in [3.8, 4) is 11.3 Å². The second-order valence-corrected chi connectivity index (χ2v) is 37.0. The molecule has 3 amide bonds. The molecule has 1 aliphatic carbocycles. The number of hydrogen-bond acceptors (Lipinski definition) is 32. The number of aliphatic hydroxyl groups is 2. The van der Waals surface area contributed by atoms with Gasteiger partial charge in [0, 0.05) is 173 Å². The number of ketones is 3. The maximum Gasteiger partial charge on any atom is 0.329 e. The molecular formula is C98H123N19O17. The van der Waals surface area contributed by atoms with Gasteiger partial charge in [0.05, 0.1) is 41.4 Å². The van der Waals surface area contributed by atoms with Gasteiger partial charge in [-0.15, -0.1) is 0 Å². The third-order valence-electron chi connectivity index (χ3n) is 27.6. The van der Waals surface area contributed by atoms with Crippen LogP contribution in [0.3, 0.4) is 0 Å². The van der Waals surface area contributed by atoms with E-state index in [0.717, 1.165) is 33.4 Å². The fraction of sp³-hybridized carbons (Fsp3) is 0.531. The first-order valence-electron chi connectivity index (χ1n) is 46.7. The topological polar surface area (TPSA) is 451 Å². The molecule has 6 aliphatic heterocycles. The molecule has 712 valence electrons. The van der Waals surface area contributed by atoms with Crippen molar-refractivity contribution in [3.63, 3.8) is 0 Å². The number of anilines is 5. The first-order chi connectivity index (χ1) is 64.5. The molecule has 4 saturated heterocycles. The van der Waals surface area contributed by atoms with E-state index in [1.54, 1.807) is 96.1 Å². The number of ether oxygens (including phenoxy) is 6. The summed E-state index contributed by atoms with van der Waals surface area (Å²) in [5, 5.41) is 29.5. The average Bonchev–Trinajstić information content (AvgIpc) is 1.50. The molecular weight excluding hydrogens is 1720 g/mol. The molecule has 8 aromatic rings. The number of nitrogens with two attached hydrogens (primary N) is 2. The Hall–Kier alpha value is -12.2. The lowest BCUT2D eigenvalue weighted by Crippen LogP contribution is -2.61. The number of esters is 2. The number of Topliss-reactive ketones (excluding diaryl/α,β-unsaturated/α-hetero) is 3. The summed E-state index contributed by atoms with van der Waals surface area (Å²) in [5.41, 5.74) is 21.3. The SMILES string of the molecule is CO[C@H]1C[C@@H]2CC[C@@H](C)[C@@](O)(O2)C(=O)C(=O)N2CCCC[C@H]2C(=O)O[C@H]([C@H](C)C[C@@H]2CC[C@@H](OC(=O)CCc3cnc(N4CCN(c5ncc(C(=O)N6CCN(c7ncc(C(=O)N8CCc9cc(Cn%10nc(-c%11ccc%12oc(N)nc%12c%11)c%11c(N)ncnc%11%10)ccc9C8)cn7)CC6)cn5)CC4)nc3)[C@H](OC)C2)CC(=O)[C@H](C)/C=C(\C)[C@@H](O)[C@@H](OC)C(=O)[C@H](C)C[C@H](C)/C=C/C=C/C=C/1C. The molecule has 134 heavy (non-hydrogen) atoms. The van der Waals surface area contributed by atoms with Crippen molar-refractivity contribution in [1.82, 2.24) is 69.3 Å². The third kappa shape index (κ3) is 22.2. The van der Waals surface area contributed by atoms with Crippen molar-refractivity contribution >= 4 is 98.8 Å². The van der Waals surface area contributed by atoms with Gasteiger partial charge in [-0.2, -0.15) is 10.1 Å². The lowest BCUT2D eigenvalue weighted by atomic mass is 9.78. The van der Waals surface area contributed by atoms with E-state index in [9.17, 15) is 48.6 Å². The number of hydrogen-bond donors (Lipinski definition) is 4. The minimum atomic E-state index is -2.49. The van der Waals surface area contributed by atoms with Crippen LogP contribution in [-0.4, -0.2) is 268 Å². The highest BCUT2D eigenvalue weighted by atomic mass is 16.6. The second kappa shape index (κ2) is 43.0. The molecule has 0 unspecified atom stereocenters. The molecule has 6 N–H and O–H groups in total. The Morgan fingerprint density at radius 1 is 0.672 bits per heavy atom. The molecule has 2 bridgehead atoms. The molecule has 2 aromatic carbocycles. The normalized spacial score (nSPS) is 27.6. The number of amides is 3. The van der Waals surface area contributed by atoms with E-state index in [4.69, 9.17) is 49.4 Å². The molecule has 15 rings (SSSR count). The van der Waals surface area contributed by atoms with Gasteiger partial charge < -0.3 is 83.9 Å². The standard InChI is InChI=1S/C98H123N19O17/c1-57-16-12-11-13-17-58(2)78(128-8)46-72-25-19-63(7)98(127,134-72)87(122)92(125)116-30-15-14-18-74(116)93(126)132-79(47-75(118)59(3)41-62(6)85(121)86(130-10)84(120)61(5)40-57)60(4)42-64-21-26-77(80(44-64)129-9)131-81(119)28-22-66-48-101-95(102-49-66)113-36-38-114(39-37-113)97-103-50-70(51-104-97)90(123)111-32-34-112(35-33-111)96-105-52-71(53-106-96)91(124)115-31-29-67-43-65(20-23-69(67)55-115)54-117-89-82(88(99)107-56-108-89)83(110-117)68-24-27-76-73(45-68)109-94(100)133-76/h11-13,16-17,20,23-24,27,41,43,45,48-53,56-57,59-61,63-64,72,74,77-80,85-86,121,127H,14-15,18-19,21-22,25-26,28-40,42,44,46-47,54-55H2,1-10H3,(H2,100,109)(H2,99,107,108)/b13-11+,16-12+,58-17+,62-41+/t57-,59-,60-,61-,63-,64+,72+,74+,77-,78+,79+,80-,85-,86+,98-/m1/s1. The highest BCUT2D eigenvalue weighted by Gasteiger charge is 2.54. The zero-order valence-corrected chi connectivity index (χ0v) is 77.9. The van der Waals surface area contributed by atoms with Crippen molar-refractivity contribution in [2.24, 2.45) is 35.5 Å². The number of methoxy groups -OCH3 is 3. The summed E-state index contributed by atoms with van der Waals surface area (Å²) in [4.78, 5) is 166. The van der Waals surface area contributed by atoms with Crippen LogP contribution in [-0.2, 0) is 83.1 Å². The molecule has 0 radical (unpaired) electrons. The zero-order chi connectivity index (χ0) is 94.8. The summed E-state index contributed by atoms with van der Waals surface area (Å²) in [6, 6.07) is 10.6. The van der Waals surface area contributed by atoms with Crippen LogP contribution in [0.4, 0.5) is 29.7 Å². The fourth-order valence-electron chi connectivity index (χ4n) is 19.6. The van der Waals surface area contributed by atoms with E-state index < -0.39 is 102 Å². The van der Waals surface area contributed by atoms with E-state index in [0.29, 0.717) is 211 Å². The van der Waals surface area contributed by atoms with Crippen LogP contribution in [0, 0.1) is 35.5 Å². The number of fused-ring (bicyclic) bond motifs is 6. The van der Waals surface area contributed by atoms with Gasteiger partial charge in [-0.25, -0.2) is 49.3 Å². The van der Waals surface area contributed by atoms with Crippen LogP contribution in [0.15, 0.2) is 132 Å². The van der Waals surface area contributed by atoms with Gasteiger partial charge in [-0.05, 0) is 160 Å². The van der Waals surface area contributed by atoms with E-state index >= 15 is 0 Å². The Bertz CT molecular complexity index is 5690. The third-order valence-corrected chi connectivity index (χ3v) is 27.6. The number of nitrogen functional groups attached to an aromatic ring is 2. The Labute approximate surface area is 778 Å². The smallest absolute Gasteiger partial charge is 0.329 e. The van der Waals surface area contributed by atoms with Gasteiger partial charge in [0.15, 0.2) is 17.0 Å². The summed E-state index contributed by atoms with van der Waals surface area (Å²) in [6.07, 6.45) is 22.1. The van der Waals surface area contributed by atoms with Gasteiger partial charge >= 0.3 is 11.9 Å². The summed E-state index contributed by atoms with van der Waals surface area (Å²) in [6.45, 7) is 18.1. The number of carbonyl (C=O) groups is 8. The zero-order valence-electron chi connectivity index (χ0n) is 77.9. The highest BCUT2D eigenvalue weighted by Crippen LogP contribution is 2.41. The number of carbonyl (C=O) groups excluding carboxylic acids is 8. The number of allylic oxidation sites excluding steroid dienone is 6. The number of aliphatic hydroxyl groups excluding tert-OH is 1. The van der Waals surface area contributed by atoms with Crippen molar-refractivity contribution in [2.75, 3.05) is 113 Å². The number of nitrogens with zero attached hydrogens (tertiary/aromatic N) is 17. The number of piperazine rings is 2. The van der Waals surface area contributed by atoms with Gasteiger partial charge in [0.1, 0.15) is 59.6 Å². The minimum Gasteiger partial charge on any atom is -0.460 e. The first kappa shape index (κ1) is 96.4. The number of piperidine rings is 1. The molecule has 36 nitrogen and oxygen atoms in total. The van der Waals surface area contributed by atoms with Crippen LogP contribution in [0.2, 0.25) is 0 Å². The van der Waals surface area contributed by atoms with Gasteiger partial charge in [0.25, 0.3) is 29.5 Å². The van der Waals surface area contributed by atoms with Crippen molar-refractivity contribution < 1.29 is 81.4 Å². The molecule has 12 heterocycles. The molecule has 7 aliphatic rings. The second-order valence-electron chi connectivity index (χ2n) is 37.0. The van der Waals surface area contributed by atoms with E-state index in [1.165, 1.54) is 18.3 Å². The molecule has 1 saturated carbocycles. The van der Waals surface area contributed by atoms with Crippen molar-refractivity contribution in [1.29, 1.82) is 0 Å². The number of oxazole rings is 1. The highest BCUT2D eigenvalue weighted by molar-refractivity contribution is 6.39. The summed E-state index contributed by atoms with van der Waals surface area (Å²) in [5.74, 6) is -7.68. The molecule has 6 aromatic heterocycles. The van der Waals surface area contributed by atoms with Gasteiger partial charge in [0.2, 0.25) is 23.6 Å². The lowest BCUT2D eigenvalue weighted by Gasteiger charge is -2.42. The van der Waals surface area contributed by atoms with E-state index in [2.05, 4.69) is 61.9 Å². The summed E-state index contributed by atoms with van der Waals surface area (Å²) < 4.78 is 43.7. The molecule has 0 spiro atoms. The van der Waals surface area contributed by atoms with Gasteiger partial charge in [-0.1, -0.05) is 89.3 Å². The van der Waals surface area contributed by atoms with Crippen LogP contribution in [0.1, 0.15) is 175 Å². The van der Waals surface area contributed by atoms with Crippen molar-refractivity contribution in [3.05, 3.63) is 161 Å². The Morgan fingerprint density at radius 2 is 1.35 bits per heavy atom. The number of aromatic nitrogens is 11. The number of cyclic esters (lactones) is 1. The Kier molecular flexibility index (Phi) is 30.9.